The van der Waals surface area contributed by atoms with Crippen molar-refractivity contribution >= 4 is 5.97 Å². The molecule has 2 bridgehead atoms. The lowest BCUT2D eigenvalue weighted by molar-refractivity contribution is -0.138. The SMILES string of the molecule is O=C(O)CC1CC2CNC1C2. The topological polar surface area (TPSA) is 49.3 Å². The largest absolute Gasteiger partial charge is 0.481 e. The number of carboxylic acid groups (broad SMARTS) is 1. The summed E-state index contributed by atoms with van der Waals surface area (Å²) < 4.78 is 0. The molecule has 1 saturated carbocycles. The molecule has 3 heteroatoms. The van der Waals surface area contributed by atoms with E-state index in [1.165, 1.54) is 6.42 Å². The Labute approximate surface area is 65.8 Å². The van der Waals surface area contributed by atoms with Crippen LogP contribution in [0.5, 0.6) is 0 Å². The van der Waals surface area contributed by atoms with Crippen molar-refractivity contribution in [3.63, 3.8) is 0 Å². The molecule has 3 atom stereocenters. The van der Waals surface area contributed by atoms with Gasteiger partial charge < -0.3 is 10.4 Å². The summed E-state index contributed by atoms with van der Waals surface area (Å²) >= 11 is 0. The third-order valence-electron chi connectivity index (χ3n) is 2.90. The van der Waals surface area contributed by atoms with Crippen LogP contribution in [0, 0.1) is 11.8 Å². The van der Waals surface area contributed by atoms with Crippen LogP contribution in [0.2, 0.25) is 0 Å². The third-order valence-corrected chi connectivity index (χ3v) is 2.90. The minimum atomic E-state index is -0.649. The van der Waals surface area contributed by atoms with Crippen LogP contribution in [0.3, 0.4) is 0 Å². The quantitative estimate of drug-likeness (QED) is 0.609. The minimum absolute atomic E-state index is 0.355. The molecule has 3 nitrogen and oxygen atoms in total. The Bertz CT molecular complexity index is 181. The lowest BCUT2D eigenvalue weighted by Crippen LogP contribution is -2.33. The number of hydrogen-bond acceptors (Lipinski definition) is 2. The monoisotopic (exact) mass is 155 g/mol. The molecule has 62 valence electrons. The Balaban J connectivity index is 1.92. The van der Waals surface area contributed by atoms with E-state index in [1.807, 2.05) is 0 Å². The second kappa shape index (κ2) is 2.48. The molecule has 0 aromatic heterocycles. The van der Waals surface area contributed by atoms with Crippen LogP contribution >= 0.6 is 0 Å². The molecule has 0 aromatic rings. The van der Waals surface area contributed by atoms with Gasteiger partial charge in [-0.15, -0.1) is 0 Å². The molecule has 3 unspecified atom stereocenters. The van der Waals surface area contributed by atoms with Crippen LogP contribution in [-0.4, -0.2) is 23.7 Å². The Hall–Kier alpha value is -0.570. The highest BCUT2D eigenvalue weighted by molar-refractivity contribution is 5.67. The summed E-state index contributed by atoms with van der Waals surface area (Å²) in [6, 6.07) is 0.510. The first kappa shape index (κ1) is 7.10. The summed E-state index contributed by atoms with van der Waals surface area (Å²) in [5.41, 5.74) is 0. The smallest absolute Gasteiger partial charge is 0.303 e. The first-order valence-electron chi connectivity index (χ1n) is 4.21. The van der Waals surface area contributed by atoms with Crippen molar-refractivity contribution in [2.75, 3.05) is 6.54 Å². The number of nitrogens with one attached hydrogen (secondary N) is 1. The van der Waals surface area contributed by atoms with Crippen molar-refractivity contribution in [1.82, 2.24) is 5.32 Å². The van der Waals surface area contributed by atoms with Crippen molar-refractivity contribution in [3.05, 3.63) is 0 Å². The van der Waals surface area contributed by atoms with Crippen LogP contribution in [0.1, 0.15) is 19.3 Å². The molecule has 2 aliphatic rings. The number of piperidine rings is 1. The van der Waals surface area contributed by atoms with Gasteiger partial charge in [-0.3, -0.25) is 4.79 Å². The van der Waals surface area contributed by atoms with Gasteiger partial charge in [-0.05, 0) is 31.2 Å². The maximum Gasteiger partial charge on any atom is 0.303 e. The number of rotatable bonds is 2. The van der Waals surface area contributed by atoms with E-state index in [9.17, 15) is 4.79 Å². The molecule has 1 aliphatic carbocycles. The molecule has 1 saturated heterocycles. The Kier molecular flexibility index (Phi) is 1.60. The molecule has 2 N–H and O–H groups in total. The molecule has 0 spiro atoms. The Morgan fingerprint density at radius 1 is 1.55 bits per heavy atom. The van der Waals surface area contributed by atoms with E-state index in [0.717, 1.165) is 18.9 Å². The molecule has 0 aromatic carbocycles. The third kappa shape index (κ3) is 1.25. The van der Waals surface area contributed by atoms with Crippen molar-refractivity contribution in [2.24, 2.45) is 11.8 Å². The summed E-state index contributed by atoms with van der Waals surface area (Å²) in [5, 5.41) is 11.9. The van der Waals surface area contributed by atoms with Gasteiger partial charge in [0.25, 0.3) is 0 Å². The molecule has 11 heavy (non-hydrogen) atoms. The van der Waals surface area contributed by atoms with Crippen LogP contribution in [-0.2, 0) is 4.79 Å². The number of carboxylic acids is 1. The van der Waals surface area contributed by atoms with Gasteiger partial charge in [0.2, 0.25) is 0 Å². The van der Waals surface area contributed by atoms with Gasteiger partial charge in [-0.1, -0.05) is 0 Å². The second-order valence-corrected chi connectivity index (χ2v) is 3.71. The van der Waals surface area contributed by atoms with E-state index in [0.29, 0.717) is 18.4 Å². The zero-order chi connectivity index (χ0) is 7.84. The van der Waals surface area contributed by atoms with Gasteiger partial charge >= 0.3 is 5.97 Å². The molecule has 1 aliphatic heterocycles. The van der Waals surface area contributed by atoms with Crippen molar-refractivity contribution in [2.45, 2.75) is 25.3 Å². The van der Waals surface area contributed by atoms with Crippen molar-refractivity contribution in [3.8, 4) is 0 Å². The summed E-state index contributed by atoms with van der Waals surface area (Å²) in [6.07, 6.45) is 2.69. The molecular weight excluding hydrogens is 142 g/mol. The maximum atomic E-state index is 10.4. The lowest BCUT2D eigenvalue weighted by Gasteiger charge is -2.20. The first-order chi connectivity index (χ1) is 5.25. The van der Waals surface area contributed by atoms with E-state index < -0.39 is 5.97 Å². The highest BCUT2D eigenvalue weighted by atomic mass is 16.4. The highest BCUT2D eigenvalue weighted by Gasteiger charge is 2.39. The van der Waals surface area contributed by atoms with E-state index in [-0.39, 0.29) is 0 Å². The molecule has 2 fully saturated rings. The number of fused-ring (bicyclic) bond motifs is 2. The summed E-state index contributed by atoms with van der Waals surface area (Å²) in [7, 11) is 0. The standard InChI is InChI=1S/C8H13NO2/c10-8(11)3-6-1-5-2-7(6)9-4-5/h5-7,9H,1-4H2,(H,10,11). The van der Waals surface area contributed by atoms with E-state index in [4.69, 9.17) is 5.11 Å². The lowest BCUT2D eigenvalue weighted by atomic mass is 9.96. The first-order valence-corrected chi connectivity index (χ1v) is 4.21. The Morgan fingerprint density at radius 3 is 2.82 bits per heavy atom. The van der Waals surface area contributed by atoms with Crippen molar-refractivity contribution < 1.29 is 9.90 Å². The van der Waals surface area contributed by atoms with E-state index >= 15 is 0 Å². The van der Waals surface area contributed by atoms with Gasteiger partial charge in [-0.2, -0.15) is 0 Å². The predicted molar refractivity (Wildman–Crippen MR) is 40.3 cm³/mol. The minimum Gasteiger partial charge on any atom is -0.481 e. The van der Waals surface area contributed by atoms with Gasteiger partial charge in [-0.25, -0.2) is 0 Å². The summed E-state index contributed by atoms with van der Waals surface area (Å²) in [6.45, 7) is 1.11. The van der Waals surface area contributed by atoms with Crippen molar-refractivity contribution in [1.29, 1.82) is 0 Å². The van der Waals surface area contributed by atoms with Crippen LogP contribution < -0.4 is 5.32 Å². The number of carbonyl (C=O) groups is 1. The van der Waals surface area contributed by atoms with E-state index in [1.54, 1.807) is 0 Å². The van der Waals surface area contributed by atoms with Gasteiger partial charge in [0, 0.05) is 12.5 Å². The Morgan fingerprint density at radius 2 is 2.36 bits per heavy atom. The normalized spacial score (nSPS) is 41.3. The number of hydrogen-bond donors (Lipinski definition) is 2. The summed E-state index contributed by atoms with van der Waals surface area (Å²) in [5.74, 6) is 0.528. The fourth-order valence-electron chi connectivity index (χ4n) is 2.42. The number of aliphatic carboxylic acids is 1. The van der Waals surface area contributed by atoms with Crippen LogP contribution in [0.15, 0.2) is 0 Å². The van der Waals surface area contributed by atoms with Gasteiger partial charge in [0.15, 0.2) is 0 Å². The van der Waals surface area contributed by atoms with Crippen LogP contribution in [0.4, 0.5) is 0 Å². The van der Waals surface area contributed by atoms with Gasteiger partial charge in [0.05, 0.1) is 0 Å². The van der Waals surface area contributed by atoms with E-state index in [2.05, 4.69) is 5.32 Å². The van der Waals surface area contributed by atoms with Crippen LogP contribution in [0.25, 0.3) is 0 Å². The zero-order valence-electron chi connectivity index (χ0n) is 6.42. The fraction of sp³-hybridized carbons (Fsp3) is 0.875. The average molecular weight is 155 g/mol. The average Bonchev–Trinajstić information content (AvgIpc) is 2.45. The molecule has 0 amide bonds. The zero-order valence-corrected chi connectivity index (χ0v) is 6.42. The molecule has 1 heterocycles. The maximum absolute atomic E-state index is 10.4. The second-order valence-electron chi connectivity index (χ2n) is 3.71. The molecule has 0 radical (unpaired) electrons. The molecular formula is C8H13NO2. The summed E-state index contributed by atoms with van der Waals surface area (Å²) in [4.78, 5) is 10.4. The molecule has 2 rings (SSSR count). The highest BCUT2D eigenvalue weighted by Crippen LogP contribution is 2.37. The fourth-order valence-corrected chi connectivity index (χ4v) is 2.42. The van der Waals surface area contributed by atoms with Gasteiger partial charge in [0.1, 0.15) is 0 Å². The predicted octanol–water partition coefficient (Wildman–Crippen LogP) is 0.459.